The van der Waals surface area contributed by atoms with E-state index in [4.69, 9.17) is 0 Å². The number of carbonyl (C=O) groups excluding carboxylic acids is 2. The highest BCUT2D eigenvalue weighted by molar-refractivity contribution is 6.17. The largest absolute Gasteiger partial charge is 0.320 e. The molecule has 4 rings (SSSR count). The van der Waals surface area contributed by atoms with Crippen molar-refractivity contribution in [3.05, 3.63) is 48.2 Å². The molecule has 1 unspecified atom stereocenters. The van der Waals surface area contributed by atoms with Crippen LogP contribution in [-0.2, 0) is 4.79 Å². The summed E-state index contributed by atoms with van der Waals surface area (Å²) in [5.41, 5.74) is 1.71. The summed E-state index contributed by atoms with van der Waals surface area (Å²) in [5.74, 6) is 0.0557. The molecule has 0 spiro atoms. The number of pyridine rings is 1. The standard InChI is InChI=1S/C19H20N4O2.2ClH/c1-22-11-5-6-13(12-22)19(25)23-16-9-3-2-8-15(16)21-18(24)14-7-4-10-20-17(14)23;;/h2-4,7-10,13H,5-6,11-12H2,1H3,(H,21,24);2*1H. The second kappa shape index (κ2) is 8.69. The van der Waals surface area contributed by atoms with Crippen LogP contribution < -0.4 is 10.2 Å². The summed E-state index contributed by atoms with van der Waals surface area (Å²) in [6.07, 6.45) is 3.47. The predicted molar refractivity (Wildman–Crippen MR) is 110 cm³/mol. The molecule has 2 amide bonds. The first kappa shape index (κ1) is 21.2. The molecule has 6 nitrogen and oxygen atoms in total. The summed E-state index contributed by atoms with van der Waals surface area (Å²) in [5, 5.41) is 2.89. The Morgan fingerprint density at radius 2 is 1.96 bits per heavy atom. The molecule has 0 bridgehead atoms. The van der Waals surface area contributed by atoms with Gasteiger partial charge in [-0.05, 0) is 50.7 Å². The topological polar surface area (TPSA) is 65.5 Å². The van der Waals surface area contributed by atoms with Crippen LogP contribution in [0.2, 0.25) is 0 Å². The van der Waals surface area contributed by atoms with Gasteiger partial charge in [-0.25, -0.2) is 4.98 Å². The zero-order valence-electron chi connectivity index (χ0n) is 14.9. The third kappa shape index (κ3) is 3.93. The van der Waals surface area contributed by atoms with E-state index >= 15 is 0 Å². The fourth-order valence-corrected chi connectivity index (χ4v) is 3.60. The van der Waals surface area contributed by atoms with E-state index in [2.05, 4.69) is 15.2 Å². The number of hydrogen-bond acceptors (Lipinski definition) is 4. The Kier molecular flexibility index (Phi) is 6.81. The monoisotopic (exact) mass is 408 g/mol. The summed E-state index contributed by atoms with van der Waals surface area (Å²) in [6, 6.07) is 10.8. The molecule has 1 N–H and O–H groups in total. The molecule has 144 valence electrons. The number of para-hydroxylation sites is 2. The van der Waals surface area contributed by atoms with E-state index in [1.807, 2.05) is 31.3 Å². The van der Waals surface area contributed by atoms with Gasteiger partial charge >= 0.3 is 0 Å². The molecule has 1 aromatic carbocycles. The van der Waals surface area contributed by atoms with Crippen molar-refractivity contribution in [2.24, 2.45) is 5.92 Å². The average Bonchev–Trinajstić information content (AvgIpc) is 2.75. The first-order valence-electron chi connectivity index (χ1n) is 8.53. The Balaban J connectivity index is 0.00000131. The minimum atomic E-state index is -0.244. The van der Waals surface area contributed by atoms with E-state index in [1.165, 1.54) is 0 Å². The van der Waals surface area contributed by atoms with Crippen LogP contribution in [0.25, 0.3) is 0 Å². The second-order valence-electron chi connectivity index (χ2n) is 6.62. The smallest absolute Gasteiger partial charge is 0.259 e. The molecule has 0 aliphatic carbocycles. The number of nitrogens with zero attached hydrogens (tertiary/aromatic N) is 3. The number of piperidine rings is 1. The van der Waals surface area contributed by atoms with Crippen LogP contribution in [0.3, 0.4) is 0 Å². The lowest BCUT2D eigenvalue weighted by atomic mass is 9.96. The molecule has 1 saturated heterocycles. The molecule has 0 saturated carbocycles. The van der Waals surface area contributed by atoms with Crippen molar-refractivity contribution in [3.8, 4) is 0 Å². The fraction of sp³-hybridized carbons (Fsp3) is 0.316. The fourth-order valence-electron chi connectivity index (χ4n) is 3.60. The molecule has 2 aliphatic heterocycles. The van der Waals surface area contributed by atoms with Gasteiger partial charge in [0.1, 0.15) is 0 Å². The number of aromatic nitrogens is 1. The second-order valence-corrected chi connectivity index (χ2v) is 6.62. The van der Waals surface area contributed by atoms with Crippen molar-refractivity contribution in [2.45, 2.75) is 12.8 Å². The van der Waals surface area contributed by atoms with Crippen LogP contribution >= 0.6 is 24.8 Å². The Bertz CT molecular complexity index is 846. The van der Waals surface area contributed by atoms with Gasteiger partial charge in [-0.15, -0.1) is 24.8 Å². The third-order valence-electron chi connectivity index (χ3n) is 4.83. The molecular formula is C19H22Cl2N4O2. The summed E-state index contributed by atoms with van der Waals surface area (Å²) >= 11 is 0. The van der Waals surface area contributed by atoms with Crippen molar-refractivity contribution in [3.63, 3.8) is 0 Å². The van der Waals surface area contributed by atoms with Crippen LogP contribution in [-0.4, -0.2) is 41.8 Å². The molecule has 1 fully saturated rings. The van der Waals surface area contributed by atoms with Crippen molar-refractivity contribution in [1.29, 1.82) is 0 Å². The van der Waals surface area contributed by atoms with Crippen LogP contribution in [0.5, 0.6) is 0 Å². The number of nitrogens with one attached hydrogen (secondary N) is 1. The van der Waals surface area contributed by atoms with Crippen molar-refractivity contribution >= 4 is 53.8 Å². The molecule has 1 aromatic heterocycles. The lowest BCUT2D eigenvalue weighted by molar-refractivity contribution is -0.123. The third-order valence-corrected chi connectivity index (χ3v) is 4.83. The van der Waals surface area contributed by atoms with Gasteiger partial charge in [0.2, 0.25) is 5.91 Å². The number of benzene rings is 1. The lowest BCUT2D eigenvalue weighted by Crippen LogP contribution is -2.42. The van der Waals surface area contributed by atoms with Crippen molar-refractivity contribution in [1.82, 2.24) is 9.88 Å². The van der Waals surface area contributed by atoms with E-state index in [1.54, 1.807) is 23.2 Å². The number of anilines is 3. The Morgan fingerprint density at radius 3 is 2.74 bits per heavy atom. The van der Waals surface area contributed by atoms with Gasteiger partial charge in [0.15, 0.2) is 5.82 Å². The van der Waals surface area contributed by atoms with Gasteiger partial charge in [0.25, 0.3) is 5.91 Å². The van der Waals surface area contributed by atoms with E-state index < -0.39 is 0 Å². The van der Waals surface area contributed by atoms with Crippen LogP contribution in [0.4, 0.5) is 17.2 Å². The zero-order valence-corrected chi connectivity index (χ0v) is 16.6. The number of fused-ring (bicyclic) bond motifs is 2. The molecular weight excluding hydrogens is 387 g/mol. The molecule has 27 heavy (non-hydrogen) atoms. The van der Waals surface area contributed by atoms with Gasteiger partial charge in [0, 0.05) is 12.7 Å². The molecule has 2 aromatic rings. The summed E-state index contributed by atoms with van der Waals surface area (Å²) in [7, 11) is 2.03. The van der Waals surface area contributed by atoms with Crippen LogP contribution in [0.15, 0.2) is 42.6 Å². The van der Waals surface area contributed by atoms with Gasteiger partial charge in [-0.3, -0.25) is 14.5 Å². The van der Waals surface area contributed by atoms with Crippen LogP contribution in [0, 0.1) is 5.92 Å². The highest BCUT2D eigenvalue weighted by atomic mass is 35.5. The average molecular weight is 409 g/mol. The van der Waals surface area contributed by atoms with Gasteiger partial charge in [-0.1, -0.05) is 12.1 Å². The predicted octanol–water partition coefficient (Wildman–Crippen LogP) is 3.50. The minimum absolute atomic E-state index is 0. The quantitative estimate of drug-likeness (QED) is 0.783. The normalized spacial score (nSPS) is 18.8. The van der Waals surface area contributed by atoms with Gasteiger partial charge in [-0.2, -0.15) is 0 Å². The lowest BCUT2D eigenvalue weighted by Gasteiger charge is -2.33. The number of amides is 2. The van der Waals surface area contributed by atoms with Gasteiger partial charge in [0.05, 0.1) is 22.9 Å². The number of carbonyl (C=O) groups is 2. The number of rotatable bonds is 1. The summed E-state index contributed by atoms with van der Waals surface area (Å²) < 4.78 is 0. The van der Waals surface area contributed by atoms with E-state index in [-0.39, 0.29) is 42.5 Å². The Morgan fingerprint density at radius 1 is 1.19 bits per heavy atom. The molecule has 0 radical (unpaired) electrons. The van der Waals surface area contributed by atoms with Crippen molar-refractivity contribution < 1.29 is 9.59 Å². The highest BCUT2D eigenvalue weighted by Crippen LogP contribution is 2.38. The van der Waals surface area contributed by atoms with Crippen LogP contribution in [0.1, 0.15) is 23.2 Å². The van der Waals surface area contributed by atoms with E-state index in [0.29, 0.717) is 22.8 Å². The maximum Gasteiger partial charge on any atom is 0.259 e. The summed E-state index contributed by atoms with van der Waals surface area (Å²) in [4.78, 5) is 34.1. The van der Waals surface area contributed by atoms with E-state index in [9.17, 15) is 9.59 Å². The van der Waals surface area contributed by atoms with Gasteiger partial charge < -0.3 is 10.2 Å². The SMILES string of the molecule is CN1CCCC(C(=O)N2c3ccccc3NC(=O)c3cccnc32)C1.Cl.Cl. The number of halogens is 2. The molecule has 2 aliphatic rings. The summed E-state index contributed by atoms with van der Waals surface area (Å²) in [6.45, 7) is 1.73. The molecule has 1 atom stereocenters. The first-order valence-corrected chi connectivity index (χ1v) is 8.53. The number of likely N-dealkylation sites (tertiary alicyclic amines) is 1. The maximum absolute atomic E-state index is 13.4. The zero-order chi connectivity index (χ0) is 17.4. The number of hydrogen-bond donors (Lipinski definition) is 1. The first-order chi connectivity index (χ1) is 12.1. The van der Waals surface area contributed by atoms with E-state index in [0.717, 1.165) is 25.9 Å². The minimum Gasteiger partial charge on any atom is -0.320 e. The maximum atomic E-state index is 13.4. The Hall–Kier alpha value is -2.15. The van der Waals surface area contributed by atoms with Crippen molar-refractivity contribution in [2.75, 3.05) is 30.4 Å². The molecule has 3 heterocycles. The Labute approximate surface area is 170 Å². The molecule has 8 heteroatoms. The highest BCUT2D eigenvalue weighted by Gasteiger charge is 2.35.